The number of nitrogens with one attached hydrogen (secondary N) is 2. The van der Waals surface area contributed by atoms with Crippen molar-refractivity contribution in [2.45, 2.75) is 32.7 Å². The zero-order valence-corrected chi connectivity index (χ0v) is 19.5. The summed E-state index contributed by atoms with van der Waals surface area (Å²) in [5.41, 5.74) is 4.85. The summed E-state index contributed by atoms with van der Waals surface area (Å²) in [5, 5.41) is 5.81. The van der Waals surface area contributed by atoms with Crippen LogP contribution in [-0.4, -0.2) is 34.8 Å². The van der Waals surface area contributed by atoms with Crippen LogP contribution in [0.2, 0.25) is 0 Å². The zero-order valence-electron chi connectivity index (χ0n) is 19.5. The molecule has 2 N–H and O–H groups in total. The molecule has 3 aromatic rings. The topological polar surface area (TPSA) is 74.3 Å². The van der Waals surface area contributed by atoms with E-state index in [4.69, 9.17) is 0 Å². The van der Waals surface area contributed by atoms with E-state index in [9.17, 15) is 9.59 Å². The van der Waals surface area contributed by atoms with E-state index in [-0.39, 0.29) is 11.8 Å². The van der Waals surface area contributed by atoms with Gasteiger partial charge in [-0.1, -0.05) is 30.7 Å². The first-order valence-corrected chi connectivity index (χ1v) is 11.7. The molecule has 0 radical (unpaired) electrons. The molecule has 0 atom stereocenters. The van der Waals surface area contributed by atoms with Crippen molar-refractivity contribution in [3.63, 3.8) is 0 Å². The molecule has 1 saturated heterocycles. The van der Waals surface area contributed by atoms with Gasteiger partial charge in [0.2, 0.25) is 5.91 Å². The van der Waals surface area contributed by atoms with Crippen molar-refractivity contribution in [3.8, 4) is 0 Å². The lowest BCUT2D eigenvalue weighted by Crippen LogP contribution is -2.29. The van der Waals surface area contributed by atoms with Crippen LogP contribution in [0.25, 0.3) is 6.08 Å². The quantitative estimate of drug-likeness (QED) is 0.476. The van der Waals surface area contributed by atoms with Gasteiger partial charge >= 0.3 is 0 Å². The third-order valence-electron chi connectivity index (χ3n) is 5.94. The van der Waals surface area contributed by atoms with E-state index in [0.717, 1.165) is 30.8 Å². The van der Waals surface area contributed by atoms with E-state index in [1.165, 1.54) is 30.9 Å². The lowest BCUT2D eigenvalue weighted by Gasteiger charge is -2.26. The Bertz CT molecular complexity index is 1150. The van der Waals surface area contributed by atoms with Gasteiger partial charge < -0.3 is 10.6 Å². The van der Waals surface area contributed by atoms with Gasteiger partial charge in [-0.15, -0.1) is 0 Å². The fourth-order valence-corrected chi connectivity index (χ4v) is 4.00. The lowest BCUT2D eigenvalue weighted by molar-refractivity contribution is -0.111. The molecule has 0 unspecified atom stereocenters. The number of carbonyl (C=O) groups excluding carboxylic acids is 2. The number of amides is 2. The maximum Gasteiger partial charge on any atom is 0.255 e. The number of carbonyl (C=O) groups is 2. The molecule has 6 nitrogen and oxygen atoms in total. The first-order valence-electron chi connectivity index (χ1n) is 11.7. The molecule has 0 aliphatic carbocycles. The number of anilines is 2. The Hall–Kier alpha value is -3.77. The van der Waals surface area contributed by atoms with Crippen LogP contribution in [0.15, 0.2) is 73.1 Å². The number of hydrogen-bond donors (Lipinski definition) is 2. The zero-order chi connectivity index (χ0) is 23.8. The Morgan fingerprint density at radius 1 is 1.00 bits per heavy atom. The monoisotopic (exact) mass is 454 g/mol. The highest BCUT2D eigenvalue weighted by Crippen LogP contribution is 2.21. The minimum atomic E-state index is -0.250. The molecule has 2 aromatic carbocycles. The number of benzene rings is 2. The molecule has 4 rings (SSSR count). The third-order valence-corrected chi connectivity index (χ3v) is 5.94. The number of piperidine rings is 1. The molecule has 34 heavy (non-hydrogen) atoms. The summed E-state index contributed by atoms with van der Waals surface area (Å²) in [4.78, 5) is 31.6. The van der Waals surface area contributed by atoms with E-state index in [2.05, 4.69) is 20.5 Å². The van der Waals surface area contributed by atoms with E-state index in [1.807, 2.05) is 55.5 Å². The van der Waals surface area contributed by atoms with Crippen molar-refractivity contribution in [2.24, 2.45) is 0 Å². The number of hydrogen-bond acceptors (Lipinski definition) is 4. The normalized spacial score (nSPS) is 14.1. The van der Waals surface area contributed by atoms with Crippen molar-refractivity contribution >= 4 is 29.3 Å². The minimum absolute atomic E-state index is 0.179. The number of aromatic nitrogens is 1. The van der Waals surface area contributed by atoms with Crippen LogP contribution < -0.4 is 10.6 Å². The number of rotatable bonds is 7. The molecule has 0 spiro atoms. The second-order valence-corrected chi connectivity index (χ2v) is 8.63. The van der Waals surface area contributed by atoms with Crippen LogP contribution in [-0.2, 0) is 11.3 Å². The Labute approximate surface area is 200 Å². The van der Waals surface area contributed by atoms with Crippen molar-refractivity contribution in [1.29, 1.82) is 0 Å². The van der Waals surface area contributed by atoms with Gasteiger partial charge in [0.05, 0.1) is 0 Å². The number of likely N-dealkylation sites (tertiary alicyclic amines) is 1. The highest BCUT2D eigenvalue weighted by molar-refractivity contribution is 6.05. The molecular weight excluding hydrogens is 424 g/mol. The molecule has 174 valence electrons. The fraction of sp³-hybridized carbons (Fsp3) is 0.250. The summed E-state index contributed by atoms with van der Waals surface area (Å²) in [6.45, 7) is 5.13. The van der Waals surface area contributed by atoms with Crippen LogP contribution in [0.3, 0.4) is 0 Å². The van der Waals surface area contributed by atoms with E-state index >= 15 is 0 Å². The van der Waals surface area contributed by atoms with Gasteiger partial charge in [0, 0.05) is 42.0 Å². The maximum absolute atomic E-state index is 12.8. The molecule has 1 aromatic heterocycles. The second-order valence-electron chi connectivity index (χ2n) is 8.63. The average molecular weight is 455 g/mol. The van der Waals surface area contributed by atoms with E-state index in [1.54, 1.807) is 24.5 Å². The van der Waals surface area contributed by atoms with Gasteiger partial charge in [0.15, 0.2) is 0 Å². The van der Waals surface area contributed by atoms with Crippen LogP contribution in [0, 0.1) is 6.92 Å². The summed E-state index contributed by atoms with van der Waals surface area (Å²) < 4.78 is 0. The van der Waals surface area contributed by atoms with Gasteiger partial charge in [-0.2, -0.15) is 0 Å². The summed E-state index contributed by atoms with van der Waals surface area (Å²) in [7, 11) is 0. The van der Waals surface area contributed by atoms with Gasteiger partial charge in [-0.05, 0) is 86.0 Å². The molecule has 2 heterocycles. The lowest BCUT2D eigenvalue weighted by atomic mass is 10.1. The van der Waals surface area contributed by atoms with E-state index in [0.29, 0.717) is 16.9 Å². The van der Waals surface area contributed by atoms with Gasteiger partial charge in [0.25, 0.3) is 5.91 Å². The predicted octanol–water partition coefficient (Wildman–Crippen LogP) is 5.28. The highest BCUT2D eigenvalue weighted by atomic mass is 16.2. The molecule has 0 bridgehead atoms. The summed E-state index contributed by atoms with van der Waals surface area (Å²) >= 11 is 0. The number of nitrogens with zero attached hydrogens (tertiary/aromatic N) is 2. The van der Waals surface area contributed by atoms with Crippen LogP contribution in [0.1, 0.15) is 46.3 Å². The van der Waals surface area contributed by atoms with Crippen LogP contribution in [0.4, 0.5) is 11.4 Å². The van der Waals surface area contributed by atoms with Crippen molar-refractivity contribution < 1.29 is 9.59 Å². The first-order chi connectivity index (χ1) is 16.6. The molecule has 1 fully saturated rings. The predicted molar refractivity (Wildman–Crippen MR) is 137 cm³/mol. The van der Waals surface area contributed by atoms with Crippen molar-refractivity contribution in [2.75, 3.05) is 23.7 Å². The average Bonchev–Trinajstić information content (AvgIpc) is 2.86. The van der Waals surface area contributed by atoms with E-state index < -0.39 is 0 Å². The summed E-state index contributed by atoms with van der Waals surface area (Å²) in [5.74, 6) is -0.429. The minimum Gasteiger partial charge on any atom is -0.322 e. The molecule has 1 aliphatic heterocycles. The van der Waals surface area contributed by atoms with Crippen molar-refractivity contribution in [1.82, 2.24) is 9.88 Å². The van der Waals surface area contributed by atoms with Gasteiger partial charge in [0.1, 0.15) is 0 Å². The highest BCUT2D eigenvalue weighted by Gasteiger charge is 2.12. The third kappa shape index (κ3) is 6.62. The maximum atomic E-state index is 12.8. The van der Waals surface area contributed by atoms with Gasteiger partial charge in [-0.3, -0.25) is 19.5 Å². The van der Waals surface area contributed by atoms with Gasteiger partial charge in [-0.25, -0.2) is 0 Å². The Kier molecular flexibility index (Phi) is 7.83. The van der Waals surface area contributed by atoms with Crippen molar-refractivity contribution in [3.05, 3.63) is 95.3 Å². The van der Waals surface area contributed by atoms with Crippen LogP contribution >= 0.6 is 0 Å². The summed E-state index contributed by atoms with van der Waals surface area (Å²) in [6, 6.07) is 17.0. The summed E-state index contributed by atoms with van der Waals surface area (Å²) in [6.07, 6.45) is 10.4. The number of aryl methyl sites for hydroxylation is 1. The molecule has 0 saturated carbocycles. The Balaban J connectivity index is 1.36. The SMILES string of the molecule is Cc1ccc(NC(=O)c2ccc(CN3CCCCC3)cc2)cc1NC(=O)C=Cc1cccnc1. The standard InChI is InChI=1S/C28H30N4O2/c1-21-7-13-25(18-26(21)31-27(33)14-10-22-6-5-15-29-19-22)30-28(34)24-11-8-23(9-12-24)20-32-16-3-2-4-17-32/h5-15,18-19H,2-4,16-17,20H2,1H3,(H,30,34)(H,31,33). The molecular formula is C28H30N4O2. The number of pyridine rings is 1. The Morgan fingerprint density at radius 2 is 1.79 bits per heavy atom. The molecule has 1 aliphatic rings. The Morgan fingerprint density at radius 3 is 2.53 bits per heavy atom. The molecule has 2 amide bonds. The second kappa shape index (κ2) is 11.4. The largest absolute Gasteiger partial charge is 0.322 e. The first kappa shape index (κ1) is 23.4. The van der Waals surface area contributed by atoms with Crippen LogP contribution in [0.5, 0.6) is 0 Å². The smallest absolute Gasteiger partial charge is 0.255 e. The fourth-order valence-electron chi connectivity index (χ4n) is 4.00. The molecule has 6 heteroatoms.